The highest BCUT2D eigenvalue weighted by molar-refractivity contribution is 9.09. The van der Waals surface area contributed by atoms with Crippen LogP contribution in [-0.2, 0) is 9.53 Å². The van der Waals surface area contributed by atoms with Crippen molar-refractivity contribution < 1.29 is 28.5 Å². The van der Waals surface area contributed by atoms with Gasteiger partial charge in [-0.15, -0.1) is 0 Å². The normalized spacial score (nSPS) is 11.3. The first-order valence-corrected chi connectivity index (χ1v) is 10.1. The number of amides is 1. The lowest BCUT2D eigenvalue weighted by atomic mass is 10.1. The molecule has 156 valence electrons. The van der Waals surface area contributed by atoms with Crippen LogP contribution < -0.4 is 14.2 Å². The molecule has 0 aliphatic rings. The Morgan fingerprint density at radius 2 is 1.55 bits per heavy atom. The molecule has 2 aromatic rings. The van der Waals surface area contributed by atoms with Crippen molar-refractivity contribution in [3.05, 3.63) is 54.1 Å². The van der Waals surface area contributed by atoms with Crippen molar-refractivity contribution in [3.63, 3.8) is 0 Å². The van der Waals surface area contributed by atoms with Gasteiger partial charge >= 0.3 is 12.1 Å². The third-order valence-corrected chi connectivity index (χ3v) is 4.53. The highest BCUT2D eigenvalue weighted by Gasteiger charge is 2.26. The molecule has 0 radical (unpaired) electrons. The van der Waals surface area contributed by atoms with Gasteiger partial charge in [0.15, 0.2) is 0 Å². The quantitative estimate of drug-likeness (QED) is 0.408. The maximum atomic E-state index is 12.8. The highest BCUT2D eigenvalue weighted by Crippen LogP contribution is 2.25. The molecule has 29 heavy (non-hydrogen) atoms. The molecule has 0 unspecified atom stereocenters. The van der Waals surface area contributed by atoms with Gasteiger partial charge in [-0.25, -0.2) is 4.79 Å². The van der Waals surface area contributed by atoms with Gasteiger partial charge in [-0.05, 0) is 48.9 Å². The average molecular weight is 466 g/mol. The summed E-state index contributed by atoms with van der Waals surface area (Å²) in [7, 11) is 2.83. The zero-order chi connectivity index (χ0) is 21.2. The second-order valence-electron chi connectivity index (χ2n) is 6.03. The maximum Gasteiger partial charge on any atom is 0.416 e. The maximum absolute atomic E-state index is 12.8. The van der Waals surface area contributed by atoms with Crippen LogP contribution in [0.15, 0.2) is 48.5 Å². The fraction of sp³-hybridized carbons (Fsp3) is 0.333. The van der Waals surface area contributed by atoms with Crippen LogP contribution in [0.2, 0.25) is 0 Å². The standard InChI is InChI=1S/C21H24BrNO6/c1-15(16-4-6-18(7-5-16)28-13-12-22)23(14-20(24)27-3)21(25)29-19-10-8-17(26-2)9-11-19/h4-11,15H,12-14H2,1-3H3/t15-/m0/s1. The van der Waals surface area contributed by atoms with Crippen LogP contribution in [-0.4, -0.2) is 49.7 Å². The lowest BCUT2D eigenvalue weighted by molar-refractivity contribution is -0.141. The molecule has 0 N–H and O–H groups in total. The predicted molar refractivity (Wildman–Crippen MR) is 112 cm³/mol. The Kier molecular flexibility index (Phi) is 8.79. The monoisotopic (exact) mass is 465 g/mol. The molecule has 2 aromatic carbocycles. The number of rotatable bonds is 9. The fourth-order valence-corrected chi connectivity index (χ4v) is 2.71. The molecule has 0 heterocycles. The van der Waals surface area contributed by atoms with Crippen molar-refractivity contribution >= 4 is 28.0 Å². The molecule has 7 nitrogen and oxygen atoms in total. The fourth-order valence-electron chi connectivity index (χ4n) is 2.55. The molecule has 0 saturated heterocycles. The van der Waals surface area contributed by atoms with Gasteiger partial charge in [-0.3, -0.25) is 9.69 Å². The number of benzene rings is 2. The van der Waals surface area contributed by atoms with Gasteiger partial charge in [0.2, 0.25) is 0 Å². The van der Waals surface area contributed by atoms with Gasteiger partial charge in [-0.1, -0.05) is 28.1 Å². The topological polar surface area (TPSA) is 74.3 Å². The Balaban J connectivity index is 2.16. The van der Waals surface area contributed by atoms with Crippen LogP contribution in [0.4, 0.5) is 4.79 Å². The van der Waals surface area contributed by atoms with Crippen molar-refractivity contribution in [3.8, 4) is 17.2 Å². The second kappa shape index (κ2) is 11.3. The van der Waals surface area contributed by atoms with Gasteiger partial charge in [0, 0.05) is 5.33 Å². The highest BCUT2D eigenvalue weighted by atomic mass is 79.9. The SMILES string of the molecule is COC(=O)CN(C(=O)Oc1ccc(OC)cc1)[C@@H](C)c1ccc(OCCBr)cc1. The third kappa shape index (κ3) is 6.67. The summed E-state index contributed by atoms with van der Waals surface area (Å²) in [6.45, 7) is 2.12. The Hall–Kier alpha value is -2.74. The minimum Gasteiger partial charge on any atom is -0.497 e. The number of esters is 1. The van der Waals surface area contributed by atoms with Crippen LogP contribution in [0, 0.1) is 0 Å². The number of nitrogens with zero attached hydrogens (tertiary/aromatic N) is 1. The average Bonchev–Trinajstić information content (AvgIpc) is 2.76. The summed E-state index contributed by atoms with van der Waals surface area (Å²) in [6.07, 6.45) is -0.660. The van der Waals surface area contributed by atoms with Crippen LogP contribution >= 0.6 is 15.9 Å². The van der Waals surface area contributed by atoms with Crippen molar-refractivity contribution in [1.29, 1.82) is 0 Å². The summed E-state index contributed by atoms with van der Waals surface area (Å²) in [6, 6.07) is 13.5. The molecule has 1 amide bonds. The molecule has 1 atom stereocenters. The first-order chi connectivity index (χ1) is 14.0. The zero-order valence-electron chi connectivity index (χ0n) is 16.6. The van der Waals surface area contributed by atoms with Gasteiger partial charge < -0.3 is 18.9 Å². The predicted octanol–water partition coefficient (Wildman–Crippen LogP) is 4.20. The molecule has 0 saturated carbocycles. The summed E-state index contributed by atoms with van der Waals surface area (Å²) in [5.74, 6) is 1.17. The van der Waals surface area contributed by atoms with Gasteiger partial charge in [0.1, 0.15) is 23.8 Å². The molecule has 0 aliphatic carbocycles. The molecule has 0 spiro atoms. The largest absolute Gasteiger partial charge is 0.497 e. The van der Waals surface area contributed by atoms with E-state index in [1.165, 1.54) is 12.0 Å². The number of ether oxygens (including phenoxy) is 4. The lowest BCUT2D eigenvalue weighted by Gasteiger charge is -2.27. The van der Waals surface area contributed by atoms with E-state index in [2.05, 4.69) is 15.9 Å². The van der Waals surface area contributed by atoms with E-state index in [1.54, 1.807) is 31.4 Å². The number of carbonyl (C=O) groups excluding carboxylic acids is 2. The Labute approximate surface area is 178 Å². The molecule has 0 bridgehead atoms. The molecule has 8 heteroatoms. The molecule has 0 aromatic heterocycles. The first kappa shape index (κ1) is 22.5. The summed E-state index contributed by atoms with van der Waals surface area (Å²) < 4.78 is 20.8. The molecular weight excluding hydrogens is 442 g/mol. The summed E-state index contributed by atoms with van der Waals surface area (Å²) in [4.78, 5) is 25.9. The minimum atomic E-state index is -0.660. The number of methoxy groups -OCH3 is 2. The van der Waals surface area contributed by atoms with Gasteiger partial charge in [-0.2, -0.15) is 0 Å². The van der Waals surface area contributed by atoms with E-state index in [0.717, 1.165) is 16.6 Å². The number of hydrogen-bond acceptors (Lipinski definition) is 6. The second-order valence-corrected chi connectivity index (χ2v) is 6.82. The van der Waals surface area contributed by atoms with Crippen LogP contribution in [0.5, 0.6) is 17.2 Å². The van der Waals surface area contributed by atoms with Gasteiger partial charge in [0.25, 0.3) is 0 Å². The van der Waals surface area contributed by atoms with E-state index in [1.807, 2.05) is 31.2 Å². The van der Waals surface area contributed by atoms with E-state index in [-0.39, 0.29) is 6.54 Å². The van der Waals surface area contributed by atoms with Gasteiger partial charge in [0.05, 0.1) is 26.9 Å². The number of halogens is 1. The van der Waals surface area contributed by atoms with E-state index < -0.39 is 18.1 Å². The van der Waals surface area contributed by atoms with Crippen LogP contribution in [0.3, 0.4) is 0 Å². The van der Waals surface area contributed by atoms with Crippen LogP contribution in [0.25, 0.3) is 0 Å². The molecule has 0 aliphatic heterocycles. The Bertz CT molecular complexity index is 794. The molecular formula is C21H24BrNO6. The van der Waals surface area contributed by atoms with Crippen molar-refractivity contribution in [1.82, 2.24) is 4.90 Å². The summed E-state index contributed by atoms with van der Waals surface area (Å²) in [5.41, 5.74) is 0.826. The minimum absolute atomic E-state index is 0.242. The van der Waals surface area contributed by atoms with Crippen molar-refractivity contribution in [2.45, 2.75) is 13.0 Å². The van der Waals surface area contributed by atoms with E-state index in [9.17, 15) is 9.59 Å². The first-order valence-electron chi connectivity index (χ1n) is 8.96. The third-order valence-electron chi connectivity index (χ3n) is 4.20. The van der Waals surface area contributed by atoms with Crippen molar-refractivity contribution in [2.24, 2.45) is 0 Å². The molecule has 2 rings (SSSR count). The van der Waals surface area contributed by atoms with Crippen LogP contribution in [0.1, 0.15) is 18.5 Å². The molecule has 0 fully saturated rings. The number of alkyl halides is 1. The Morgan fingerprint density at radius 3 is 2.10 bits per heavy atom. The Morgan fingerprint density at radius 1 is 0.966 bits per heavy atom. The number of hydrogen-bond donors (Lipinski definition) is 0. The van der Waals surface area contributed by atoms with Crippen molar-refractivity contribution in [2.75, 3.05) is 32.7 Å². The summed E-state index contributed by atoms with van der Waals surface area (Å²) in [5, 5.41) is 0.731. The lowest BCUT2D eigenvalue weighted by Crippen LogP contribution is -2.40. The summed E-state index contributed by atoms with van der Waals surface area (Å²) >= 11 is 3.31. The number of carbonyl (C=O) groups is 2. The van der Waals surface area contributed by atoms with E-state index in [0.29, 0.717) is 18.1 Å². The zero-order valence-corrected chi connectivity index (χ0v) is 18.2. The van der Waals surface area contributed by atoms with E-state index in [4.69, 9.17) is 18.9 Å². The smallest absolute Gasteiger partial charge is 0.416 e. The van der Waals surface area contributed by atoms with E-state index >= 15 is 0 Å².